The summed E-state index contributed by atoms with van der Waals surface area (Å²) in [6.45, 7) is -0.271. The van der Waals surface area contributed by atoms with Crippen LogP contribution in [-0.4, -0.2) is 13.0 Å². The van der Waals surface area contributed by atoms with E-state index >= 15 is 0 Å². The molecule has 2 fully saturated rings. The molecular formula is C23H30F4O. The zero-order valence-electron chi connectivity index (χ0n) is 16.3. The topological polar surface area (TPSA) is 9.23 Å². The van der Waals surface area contributed by atoms with Crippen LogP contribution in [0.25, 0.3) is 0 Å². The van der Waals surface area contributed by atoms with Crippen LogP contribution < -0.4 is 4.74 Å². The second-order valence-electron chi connectivity index (χ2n) is 8.31. The highest BCUT2D eigenvalue weighted by Gasteiger charge is 2.32. The summed E-state index contributed by atoms with van der Waals surface area (Å²) < 4.78 is 53.0. The lowest BCUT2D eigenvalue weighted by molar-refractivity contribution is -0.274. The van der Waals surface area contributed by atoms with Crippen molar-refractivity contribution >= 4 is 0 Å². The van der Waals surface area contributed by atoms with Crippen LogP contribution in [0.15, 0.2) is 36.4 Å². The fourth-order valence-electron chi connectivity index (χ4n) is 5.03. The predicted molar refractivity (Wildman–Crippen MR) is 103 cm³/mol. The van der Waals surface area contributed by atoms with E-state index in [1.54, 1.807) is 12.1 Å². The molecule has 3 rings (SSSR count). The van der Waals surface area contributed by atoms with Gasteiger partial charge in [-0.3, -0.25) is 4.39 Å². The normalized spacial score (nSPS) is 29.1. The van der Waals surface area contributed by atoms with E-state index in [1.165, 1.54) is 50.7 Å². The molecule has 1 aromatic rings. The Balaban J connectivity index is 1.43. The quantitative estimate of drug-likeness (QED) is 0.354. The summed E-state index contributed by atoms with van der Waals surface area (Å²) >= 11 is 0. The Bertz CT molecular complexity index is 606. The van der Waals surface area contributed by atoms with Crippen LogP contribution >= 0.6 is 0 Å². The number of benzene rings is 1. The van der Waals surface area contributed by atoms with Crippen LogP contribution in [0.3, 0.4) is 0 Å². The maximum atomic E-state index is 12.3. The van der Waals surface area contributed by atoms with E-state index in [-0.39, 0.29) is 12.4 Å². The van der Waals surface area contributed by atoms with Gasteiger partial charge in [0.25, 0.3) is 0 Å². The van der Waals surface area contributed by atoms with E-state index in [1.807, 2.05) is 6.08 Å². The maximum Gasteiger partial charge on any atom is 0.573 e. The molecule has 1 nitrogen and oxygen atoms in total. The molecule has 0 aromatic heterocycles. The molecule has 2 aliphatic rings. The molecular weight excluding hydrogens is 368 g/mol. The number of ether oxygens (including phenoxy) is 1. The van der Waals surface area contributed by atoms with Crippen LogP contribution in [0, 0.1) is 17.8 Å². The monoisotopic (exact) mass is 398 g/mol. The lowest BCUT2D eigenvalue weighted by atomic mass is 9.68. The smallest absolute Gasteiger partial charge is 0.406 e. The summed E-state index contributed by atoms with van der Waals surface area (Å²) in [5.41, 5.74) is 1.12. The Hall–Kier alpha value is -1.52. The number of halogens is 4. The summed E-state index contributed by atoms with van der Waals surface area (Å²) in [4.78, 5) is 0. The van der Waals surface area contributed by atoms with Crippen molar-refractivity contribution in [3.05, 3.63) is 42.0 Å². The fourth-order valence-corrected chi connectivity index (χ4v) is 5.03. The molecule has 0 radical (unpaired) electrons. The van der Waals surface area contributed by atoms with Crippen LogP contribution in [-0.2, 0) is 0 Å². The summed E-state index contributed by atoms with van der Waals surface area (Å²) in [6.07, 6.45) is 9.70. The highest BCUT2D eigenvalue weighted by molar-refractivity contribution is 5.29. The summed E-state index contributed by atoms with van der Waals surface area (Å²) in [7, 11) is 0. The Morgan fingerprint density at radius 2 is 1.43 bits per heavy atom. The number of rotatable bonds is 6. The molecule has 0 heterocycles. The number of alkyl halides is 4. The predicted octanol–water partition coefficient (Wildman–Crippen LogP) is 7.58. The van der Waals surface area contributed by atoms with Gasteiger partial charge in [-0.25, -0.2) is 0 Å². The third kappa shape index (κ3) is 6.25. The minimum Gasteiger partial charge on any atom is -0.406 e. The Kier molecular flexibility index (Phi) is 7.42. The van der Waals surface area contributed by atoms with Gasteiger partial charge in [-0.15, -0.1) is 13.2 Å². The molecule has 0 bridgehead atoms. The van der Waals surface area contributed by atoms with Gasteiger partial charge in [0.15, 0.2) is 0 Å². The first-order valence-electron chi connectivity index (χ1n) is 10.5. The van der Waals surface area contributed by atoms with Crippen molar-refractivity contribution in [2.24, 2.45) is 17.8 Å². The van der Waals surface area contributed by atoms with E-state index < -0.39 is 6.36 Å². The van der Waals surface area contributed by atoms with Gasteiger partial charge < -0.3 is 4.74 Å². The number of hydrogen-bond donors (Lipinski definition) is 0. The van der Waals surface area contributed by atoms with Crippen molar-refractivity contribution < 1.29 is 22.3 Å². The Labute approximate surface area is 165 Å². The van der Waals surface area contributed by atoms with Crippen molar-refractivity contribution in [1.82, 2.24) is 0 Å². The summed E-state index contributed by atoms with van der Waals surface area (Å²) in [5.74, 6) is 2.49. The molecule has 0 amide bonds. The summed E-state index contributed by atoms with van der Waals surface area (Å²) in [6, 6.07) is 6.40. The zero-order chi connectivity index (χ0) is 20.0. The highest BCUT2D eigenvalue weighted by Crippen LogP contribution is 2.44. The molecule has 0 spiro atoms. The maximum absolute atomic E-state index is 12.3. The molecule has 1 aromatic carbocycles. The average Bonchev–Trinajstić information content (AvgIpc) is 2.68. The van der Waals surface area contributed by atoms with Gasteiger partial charge in [-0.05, 0) is 99.2 Å². The van der Waals surface area contributed by atoms with Gasteiger partial charge >= 0.3 is 6.36 Å². The van der Waals surface area contributed by atoms with Crippen LogP contribution in [0.4, 0.5) is 17.6 Å². The minimum absolute atomic E-state index is 0.151. The third-order valence-corrected chi connectivity index (χ3v) is 6.52. The minimum atomic E-state index is -4.64. The first-order valence-corrected chi connectivity index (χ1v) is 10.5. The molecule has 5 heteroatoms. The second-order valence-corrected chi connectivity index (χ2v) is 8.31. The van der Waals surface area contributed by atoms with E-state index in [4.69, 9.17) is 0 Å². The van der Waals surface area contributed by atoms with Crippen molar-refractivity contribution in [3.63, 3.8) is 0 Å². The van der Waals surface area contributed by atoms with Crippen molar-refractivity contribution in [1.29, 1.82) is 0 Å². The van der Waals surface area contributed by atoms with Crippen molar-refractivity contribution in [2.45, 2.75) is 70.1 Å². The van der Waals surface area contributed by atoms with Crippen molar-refractivity contribution in [2.75, 3.05) is 6.67 Å². The first kappa shape index (κ1) is 21.2. The fraction of sp³-hybridized carbons (Fsp3) is 0.652. The van der Waals surface area contributed by atoms with Crippen LogP contribution in [0.1, 0.15) is 69.3 Å². The molecule has 0 saturated heterocycles. The standard InChI is InChI=1S/C23H30F4O/c24-16-2-1-3-17-4-6-18(7-5-17)19-8-10-20(11-9-19)21-12-14-22(15-13-21)28-23(25,26)27/h1,3,12-15,17-20H,2,4-11,16H2. The van der Waals surface area contributed by atoms with E-state index in [2.05, 4.69) is 10.8 Å². The largest absolute Gasteiger partial charge is 0.573 e. The lowest BCUT2D eigenvalue weighted by Crippen LogP contribution is -2.25. The second kappa shape index (κ2) is 9.80. The van der Waals surface area contributed by atoms with E-state index in [0.29, 0.717) is 18.3 Å². The molecule has 0 aliphatic heterocycles. The van der Waals surface area contributed by atoms with Crippen LogP contribution in [0.5, 0.6) is 5.75 Å². The van der Waals surface area contributed by atoms with Crippen molar-refractivity contribution in [3.8, 4) is 5.75 Å². The van der Waals surface area contributed by atoms with Gasteiger partial charge in [0.1, 0.15) is 5.75 Å². The third-order valence-electron chi connectivity index (χ3n) is 6.52. The van der Waals surface area contributed by atoms with E-state index in [9.17, 15) is 17.6 Å². The molecule has 0 unspecified atom stereocenters. The molecule has 156 valence electrons. The first-order chi connectivity index (χ1) is 13.4. The van der Waals surface area contributed by atoms with Gasteiger partial charge in [-0.2, -0.15) is 0 Å². The molecule has 0 N–H and O–H groups in total. The van der Waals surface area contributed by atoms with Gasteiger partial charge in [-0.1, -0.05) is 24.3 Å². The molecule has 2 aliphatic carbocycles. The van der Waals surface area contributed by atoms with Crippen LogP contribution in [0.2, 0.25) is 0 Å². The number of hydrogen-bond acceptors (Lipinski definition) is 1. The molecule has 28 heavy (non-hydrogen) atoms. The van der Waals surface area contributed by atoms with Gasteiger partial charge in [0, 0.05) is 0 Å². The van der Waals surface area contributed by atoms with Gasteiger partial charge in [0.2, 0.25) is 0 Å². The van der Waals surface area contributed by atoms with Gasteiger partial charge in [0.05, 0.1) is 6.67 Å². The Morgan fingerprint density at radius 3 is 1.96 bits per heavy atom. The number of allylic oxidation sites excluding steroid dienone is 2. The highest BCUT2D eigenvalue weighted by atomic mass is 19.4. The van der Waals surface area contributed by atoms with E-state index in [0.717, 1.165) is 30.2 Å². The SMILES string of the molecule is FCCC=CC1CCC(C2CCC(c3ccc(OC(F)(F)F)cc3)CC2)CC1. The lowest BCUT2D eigenvalue weighted by Gasteiger charge is -2.37. The zero-order valence-corrected chi connectivity index (χ0v) is 16.3. The molecule has 2 saturated carbocycles. The summed E-state index contributed by atoms with van der Waals surface area (Å²) in [5, 5.41) is 0. The molecule has 0 atom stereocenters. The Morgan fingerprint density at radius 1 is 0.857 bits per heavy atom. The average molecular weight is 398 g/mol.